The summed E-state index contributed by atoms with van der Waals surface area (Å²) in [6.07, 6.45) is 9.40. The number of fused-ring (bicyclic) bond motifs is 4. The number of piperidine rings is 3. The van der Waals surface area contributed by atoms with Crippen LogP contribution in [0.1, 0.15) is 36.0 Å². The molecule has 0 saturated carbocycles. The third kappa shape index (κ3) is 3.28. The zero-order valence-electron chi connectivity index (χ0n) is 18.2. The Hall–Kier alpha value is -3.20. The van der Waals surface area contributed by atoms with Crippen LogP contribution < -0.4 is 0 Å². The highest BCUT2D eigenvalue weighted by molar-refractivity contribution is 5.79. The highest BCUT2D eigenvalue weighted by Crippen LogP contribution is 2.35. The normalized spacial score (nSPS) is 22.7. The molecular formula is C23H25FN8. The number of nitrogens with zero attached hydrogens (tertiary/aromatic N) is 8. The van der Waals surface area contributed by atoms with Gasteiger partial charge in [0.25, 0.3) is 0 Å². The predicted octanol–water partition coefficient (Wildman–Crippen LogP) is 3.16. The molecule has 2 bridgehead atoms. The maximum atomic E-state index is 13.9. The molecule has 1 atom stereocenters. The summed E-state index contributed by atoms with van der Waals surface area (Å²) in [6.45, 7) is 7.83. The smallest absolute Gasteiger partial charge is 0.164 e. The van der Waals surface area contributed by atoms with Crippen LogP contribution in [0.2, 0.25) is 0 Å². The molecule has 164 valence electrons. The van der Waals surface area contributed by atoms with E-state index in [0.717, 1.165) is 29.0 Å². The van der Waals surface area contributed by atoms with Gasteiger partial charge < -0.3 is 9.47 Å². The van der Waals surface area contributed by atoms with E-state index in [1.54, 1.807) is 6.20 Å². The molecule has 32 heavy (non-hydrogen) atoms. The van der Waals surface area contributed by atoms with Crippen molar-refractivity contribution in [3.63, 3.8) is 0 Å². The van der Waals surface area contributed by atoms with Gasteiger partial charge in [-0.05, 0) is 51.8 Å². The Morgan fingerprint density at radius 1 is 1.06 bits per heavy atom. The predicted molar refractivity (Wildman–Crippen MR) is 118 cm³/mol. The zero-order valence-corrected chi connectivity index (χ0v) is 18.2. The van der Waals surface area contributed by atoms with Gasteiger partial charge in [-0.25, -0.2) is 19.3 Å². The SMILES string of the molecule is Cc1nc(C)c2nc(-c3cncc(F)c3)n(Cc3cnn(C4CN5CCC4CC5)c3)c2n1. The Labute approximate surface area is 185 Å². The minimum atomic E-state index is -0.393. The lowest BCUT2D eigenvalue weighted by Gasteiger charge is -2.44. The maximum Gasteiger partial charge on any atom is 0.164 e. The first-order valence-electron chi connectivity index (χ1n) is 11.1. The van der Waals surface area contributed by atoms with Crippen LogP contribution in [-0.2, 0) is 6.54 Å². The number of imidazole rings is 1. The molecule has 1 unspecified atom stereocenters. The molecule has 8 nitrogen and oxygen atoms in total. The van der Waals surface area contributed by atoms with Gasteiger partial charge in [-0.15, -0.1) is 0 Å². The van der Waals surface area contributed by atoms with Gasteiger partial charge in [-0.2, -0.15) is 5.10 Å². The van der Waals surface area contributed by atoms with Crippen molar-refractivity contribution in [2.75, 3.05) is 19.6 Å². The molecule has 4 aromatic heterocycles. The van der Waals surface area contributed by atoms with Gasteiger partial charge in [0.2, 0.25) is 0 Å². The molecule has 7 heterocycles. The summed E-state index contributed by atoms with van der Waals surface area (Å²) in [5.41, 5.74) is 3.95. The third-order valence-corrected chi connectivity index (χ3v) is 6.80. The van der Waals surface area contributed by atoms with Crippen molar-refractivity contribution in [1.29, 1.82) is 0 Å². The minimum Gasteiger partial charge on any atom is -0.304 e. The monoisotopic (exact) mass is 432 g/mol. The first-order chi connectivity index (χ1) is 15.5. The summed E-state index contributed by atoms with van der Waals surface area (Å²) in [4.78, 5) is 20.5. The summed E-state index contributed by atoms with van der Waals surface area (Å²) in [5.74, 6) is 1.62. The fourth-order valence-electron chi connectivity index (χ4n) is 5.24. The molecule has 0 aromatic carbocycles. The van der Waals surface area contributed by atoms with Crippen molar-refractivity contribution in [3.05, 3.63) is 53.8 Å². The average Bonchev–Trinajstić information content (AvgIpc) is 3.40. The van der Waals surface area contributed by atoms with Crippen molar-refractivity contribution >= 4 is 11.2 Å². The van der Waals surface area contributed by atoms with Gasteiger partial charge >= 0.3 is 0 Å². The molecule has 0 radical (unpaired) electrons. The third-order valence-electron chi connectivity index (χ3n) is 6.80. The molecule has 3 aliphatic heterocycles. The first-order valence-corrected chi connectivity index (χ1v) is 11.1. The highest BCUT2D eigenvalue weighted by Gasteiger charge is 2.35. The number of aryl methyl sites for hydroxylation is 2. The lowest BCUT2D eigenvalue weighted by molar-refractivity contribution is 0.0512. The van der Waals surface area contributed by atoms with Gasteiger partial charge in [0.15, 0.2) is 5.65 Å². The summed E-state index contributed by atoms with van der Waals surface area (Å²) in [6, 6.07) is 1.89. The van der Waals surface area contributed by atoms with Crippen LogP contribution in [0.25, 0.3) is 22.6 Å². The van der Waals surface area contributed by atoms with Crippen LogP contribution in [-0.4, -0.2) is 58.8 Å². The summed E-state index contributed by atoms with van der Waals surface area (Å²) in [7, 11) is 0. The van der Waals surface area contributed by atoms with Gasteiger partial charge in [0, 0.05) is 30.1 Å². The zero-order chi connectivity index (χ0) is 21.8. The lowest BCUT2D eigenvalue weighted by atomic mass is 9.84. The first kappa shape index (κ1) is 19.5. The lowest BCUT2D eigenvalue weighted by Crippen LogP contribution is -2.48. The van der Waals surface area contributed by atoms with E-state index in [4.69, 9.17) is 10.1 Å². The number of hydrogen-bond donors (Lipinski definition) is 0. The second-order valence-corrected chi connectivity index (χ2v) is 8.98. The largest absolute Gasteiger partial charge is 0.304 e. The molecule has 3 fully saturated rings. The van der Waals surface area contributed by atoms with Gasteiger partial charge in [0.05, 0.1) is 30.7 Å². The standard InChI is InChI=1S/C23H25FN8/c1-14-21-23(28-15(2)27-14)31(22(29-21)18-7-19(24)10-25-9-18)11-16-8-26-32(12-16)20-13-30-5-3-17(20)4-6-30/h7-10,12,17,20H,3-6,11,13H2,1-2H3. The molecule has 9 heteroatoms. The van der Waals surface area contributed by atoms with Crippen molar-refractivity contribution in [2.45, 2.75) is 39.3 Å². The van der Waals surface area contributed by atoms with E-state index in [1.165, 1.54) is 38.2 Å². The highest BCUT2D eigenvalue weighted by atomic mass is 19.1. The van der Waals surface area contributed by atoms with Gasteiger partial charge in [-0.1, -0.05) is 0 Å². The Bertz CT molecular complexity index is 1300. The molecule has 0 amide bonds. The van der Waals surface area contributed by atoms with Crippen LogP contribution >= 0.6 is 0 Å². The molecule has 0 aliphatic carbocycles. The van der Waals surface area contributed by atoms with Crippen LogP contribution in [0.3, 0.4) is 0 Å². The van der Waals surface area contributed by atoms with E-state index < -0.39 is 5.82 Å². The Kier molecular flexibility index (Phi) is 4.53. The van der Waals surface area contributed by atoms with Crippen LogP contribution in [0.5, 0.6) is 0 Å². The second-order valence-electron chi connectivity index (χ2n) is 8.98. The Morgan fingerprint density at radius 3 is 2.66 bits per heavy atom. The Morgan fingerprint density at radius 2 is 1.91 bits per heavy atom. The van der Waals surface area contributed by atoms with Crippen molar-refractivity contribution < 1.29 is 4.39 Å². The van der Waals surface area contributed by atoms with Crippen molar-refractivity contribution in [1.82, 2.24) is 39.2 Å². The fraction of sp³-hybridized carbons (Fsp3) is 0.435. The van der Waals surface area contributed by atoms with Crippen LogP contribution in [0.15, 0.2) is 30.9 Å². The number of halogens is 1. The number of hydrogen-bond acceptors (Lipinski definition) is 6. The fourth-order valence-corrected chi connectivity index (χ4v) is 5.24. The number of rotatable bonds is 4. The van der Waals surface area contributed by atoms with E-state index in [1.807, 2.05) is 24.6 Å². The number of pyridine rings is 1. The molecule has 0 N–H and O–H groups in total. The van der Waals surface area contributed by atoms with E-state index >= 15 is 0 Å². The summed E-state index contributed by atoms with van der Waals surface area (Å²) < 4.78 is 18.1. The topological polar surface area (TPSA) is 77.5 Å². The van der Waals surface area contributed by atoms with Crippen molar-refractivity contribution in [3.8, 4) is 11.4 Å². The second kappa shape index (κ2) is 7.44. The molecule has 0 spiro atoms. The van der Waals surface area contributed by atoms with E-state index in [9.17, 15) is 4.39 Å². The molecule has 7 rings (SSSR count). The Balaban J connectivity index is 1.41. The minimum absolute atomic E-state index is 0.393. The summed E-state index contributed by atoms with van der Waals surface area (Å²) >= 11 is 0. The molecule has 3 saturated heterocycles. The quantitative estimate of drug-likeness (QED) is 0.493. The van der Waals surface area contributed by atoms with Crippen LogP contribution in [0, 0.1) is 25.6 Å². The molecule has 3 aliphatic rings. The number of aromatic nitrogens is 7. The van der Waals surface area contributed by atoms with Crippen LogP contribution in [0.4, 0.5) is 4.39 Å². The van der Waals surface area contributed by atoms with E-state index in [2.05, 4.69) is 30.7 Å². The van der Waals surface area contributed by atoms with E-state index in [0.29, 0.717) is 35.7 Å². The van der Waals surface area contributed by atoms with Gasteiger partial charge in [-0.3, -0.25) is 9.67 Å². The molecule has 4 aromatic rings. The van der Waals surface area contributed by atoms with E-state index in [-0.39, 0.29) is 0 Å². The molecular weight excluding hydrogens is 407 g/mol. The maximum absolute atomic E-state index is 13.9. The van der Waals surface area contributed by atoms with Gasteiger partial charge in [0.1, 0.15) is 23.0 Å². The summed E-state index contributed by atoms with van der Waals surface area (Å²) in [5, 5.41) is 4.72. The average molecular weight is 433 g/mol. The van der Waals surface area contributed by atoms with Crippen molar-refractivity contribution in [2.24, 2.45) is 5.92 Å².